The van der Waals surface area contributed by atoms with E-state index in [1.807, 2.05) is 0 Å². The summed E-state index contributed by atoms with van der Waals surface area (Å²) in [5.41, 5.74) is 0.824. The molecule has 144 valence electrons. The highest BCUT2D eigenvalue weighted by molar-refractivity contribution is 6.43. The highest BCUT2D eigenvalue weighted by Crippen LogP contribution is 2.29. The molecule has 2 rings (SSSR count). The first-order valence-electron chi connectivity index (χ1n) is 7.65. The largest absolute Gasteiger partial charge is 0.508 e. The van der Waals surface area contributed by atoms with Gasteiger partial charge >= 0.3 is 11.9 Å². The van der Waals surface area contributed by atoms with Crippen LogP contribution in [0.2, 0.25) is 10.0 Å². The monoisotopic (exact) mass is 413 g/mol. The number of aliphatic carboxylic acids is 2. The number of hydrogen-bond donors (Lipinski definition) is 4. The first-order valence-corrected chi connectivity index (χ1v) is 8.40. The molecule has 0 aliphatic carbocycles. The molecule has 1 amide bonds. The van der Waals surface area contributed by atoms with E-state index in [2.05, 4.69) is 5.32 Å². The molecule has 0 heterocycles. The fraction of sp³-hybridized carbons (Fsp3) is 0.167. The number of halogens is 2. The molecular weight excluding hydrogens is 397 g/mol. The van der Waals surface area contributed by atoms with Crippen molar-refractivity contribution in [2.75, 3.05) is 5.32 Å². The summed E-state index contributed by atoms with van der Waals surface area (Å²) in [6, 6.07) is 11.2. The van der Waals surface area contributed by atoms with Gasteiger partial charge in [0.1, 0.15) is 5.75 Å². The van der Waals surface area contributed by atoms with Gasteiger partial charge in [-0.15, -0.1) is 0 Å². The summed E-state index contributed by atoms with van der Waals surface area (Å²) >= 11 is 11.6. The maximum absolute atomic E-state index is 11.3. The van der Waals surface area contributed by atoms with Crippen molar-refractivity contribution in [1.82, 2.24) is 0 Å². The second-order valence-corrected chi connectivity index (χ2v) is 6.03. The minimum absolute atomic E-state index is 0.0369. The van der Waals surface area contributed by atoms with Crippen LogP contribution in [0.5, 0.6) is 5.75 Å². The van der Waals surface area contributed by atoms with Crippen molar-refractivity contribution in [3.05, 3.63) is 58.1 Å². The third kappa shape index (κ3) is 8.44. The highest BCUT2D eigenvalue weighted by Gasteiger charge is 2.09. The third-order valence-electron chi connectivity index (χ3n) is 3.12. The average Bonchev–Trinajstić information content (AvgIpc) is 2.59. The molecule has 0 unspecified atom stereocenters. The minimum Gasteiger partial charge on any atom is -0.508 e. The van der Waals surface area contributed by atoms with Crippen molar-refractivity contribution in [3.63, 3.8) is 0 Å². The molecule has 7 nitrogen and oxygen atoms in total. The van der Waals surface area contributed by atoms with Gasteiger partial charge in [-0.3, -0.25) is 14.4 Å². The molecule has 0 bridgehead atoms. The molecular formula is C18H17Cl2NO6. The zero-order valence-corrected chi connectivity index (χ0v) is 15.5. The molecule has 0 aliphatic rings. The number of carbonyl (C=O) groups excluding carboxylic acids is 1. The predicted octanol–water partition coefficient (Wildman–Crippen LogP) is 3.82. The summed E-state index contributed by atoms with van der Waals surface area (Å²) in [5.74, 6) is -2.33. The molecule has 0 atom stereocenters. The van der Waals surface area contributed by atoms with E-state index < -0.39 is 17.8 Å². The van der Waals surface area contributed by atoms with Crippen molar-refractivity contribution in [3.8, 4) is 5.75 Å². The first kappa shape index (κ1) is 22.3. The molecule has 0 aliphatic heterocycles. The van der Waals surface area contributed by atoms with E-state index in [1.54, 1.807) is 36.4 Å². The van der Waals surface area contributed by atoms with Crippen LogP contribution in [0.15, 0.2) is 42.5 Å². The quantitative estimate of drug-likeness (QED) is 0.570. The Balaban J connectivity index is 0.000000289. The van der Waals surface area contributed by atoms with Gasteiger partial charge in [0.15, 0.2) is 0 Å². The number of hydrogen-bond acceptors (Lipinski definition) is 4. The van der Waals surface area contributed by atoms with E-state index in [0.717, 1.165) is 0 Å². The number of amides is 1. The number of anilines is 1. The number of benzene rings is 2. The van der Waals surface area contributed by atoms with Crippen LogP contribution in [0.3, 0.4) is 0 Å². The maximum atomic E-state index is 11.3. The number of carboxylic acid groups (broad SMARTS) is 2. The molecule has 0 fully saturated rings. The van der Waals surface area contributed by atoms with Crippen LogP contribution in [0.1, 0.15) is 18.4 Å². The van der Waals surface area contributed by atoms with E-state index in [-0.39, 0.29) is 30.0 Å². The summed E-state index contributed by atoms with van der Waals surface area (Å²) in [6.45, 7) is 0. The summed E-state index contributed by atoms with van der Waals surface area (Å²) < 4.78 is 0. The van der Waals surface area contributed by atoms with Crippen LogP contribution in [0, 0.1) is 0 Å². The lowest BCUT2D eigenvalue weighted by atomic mass is 10.1. The van der Waals surface area contributed by atoms with Gasteiger partial charge in [-0.25, -0.2) is 0 Å². The lowest BCUT2D eigenvalue weighted by Gasteiger charge is -2.07. The Hall–Kier alpha value is -2.77. The third-order valence-corrected chi connectivity index (χ3v) is 3.94. The molecule has 0 radical (unpaired) electrons. The Labute approximate surface area is 165 Å². The van der Waals surface area contributed by atoms with Gasteiger partial charge in [0, 0.05) is 12.0 Å². The lowest BCUT2D eigenvalue weighted by molar-refractivity contribution is -0.138. The van der Waals surface area contributed by atoms with Crippen molar-refractivity contribution < 1.29 is 29.7 Å². The van der Waals surface area contributed by atoms with Crippen molar-refractivity contribution >= 4 is 46.7 Å². The molecule has 2 aromatic rings. The minimum atomic E-state index is -1.02. The van der Waals surface area contributed by atoms with E-state index in [1.165, 1.54) is 6.07 Å². The van der Waals surface area contributed by atoms with Gasteiger partial charge in [0.2, 0.25) is 5.91 Å². The SMILES string of the molecule is O=C(O)CCC(=O)Nc1cccc(Cl)c1Cl.O=C(O)Cc1ccccc1O. The van der Waals surface area contributed by atoms with Gasteiger partial charge in [-0.05, 0) is 18.2 Å². The maximum Gasteiger partial charge on any atom is 0.307 e. The van der Waals surface area contributed by atoms with Crippen molar-refractivity contribution in [1.29, 1.82) is 0 Å². The van der Waals surface area contributed by atoms with Crippen LogP contribution in [-0.2, 0) is 20.8 Å². The van der Waals surface area contributed by atoms with E-state index >= 15 is 0 Å². The van der Waals surface area contributed by atoms with Gasteiger partial charge in [-0.1, -0.05) is 47.5 Å². The second-order valence-electron chi connectivity index (χ2n) is 5.24. The standard InChI is InChI=1S/C10H9Cl2NO3.C8H8O3/c11-6-2-1-3-7(10(6)12)13-8(14)4-5-9(15)16;9-7-4-2-1-3-6(7)5-8(10)11/h1-3H,4-5H2,(H,13,14)(H,15,16);1-4,9H,5H2,(H,10,11). The second kappa shape index (κ2) is 11.1. The van der Waals surface area contributed by atoms with Gasteiger partial charge < -0.3 is 20.6 Å². The number of carboxylic acids is 2. The highest BCUT2D eigenvalue weighted by atomic mass is 35.5. The number of para-hydroxylation sites is 1. The van der Waals surface area contributed by atoms with Crippen LogP contribution in [-0.4, -0.2) is 33.2 Å². The molecule has 9 heteroatoms. The zero-order chi connectivity index (χ0) is 20.4. The summed E-state index contributed by atoms with van der Waals surface area (Å²) in [5, 5.41) is 28.9. The van der Waals surface area contributed by atoms with E-state index in [4.69, 9.17) is 38.5 Å². The number of carbonyl (C=O) groups is 3. The topological polar surface area (TPSA) is 124 Å². The Kier molecular flexibility index (Phi) is 9.12. The Morgan fingerprint density at radius 3 is 2.15 bits per heavy atom. The van der Waals surface area contributed by atoms with Gasteiger partial charge in [0.25, 0.3) is 0 Å². The molecule has 27 heavy (non-hydrogen) atoms. The number of aromatic hydroxyl groups is 1. The van der Waals surface area contributed by atoms with Crippen LogP contribution in [0.25, 0.3) is 0 Å². The summed E-state index contributed by atoms with van der Waals surface area (Å²) in [6.07, 6.45) is -0.450. The molecule has 0 aromatic heterocycles. The smallest absolute Gasteiger partial charge is 0.307 e. The summed E-state index contributed by atoms with van der Waals surface area (Å²) in [4.78, 5) is 31.8. The van der Waals surface area contributed by atoms with E-state index in [9.17, 15) is 14.4 Å². The van der Waals surface area contributed by atoms with Crippen LogP contribution in [0.4, 0.5) is 5.69 Å². The normalized spacial score (nSPS) is 9.70. The average molecular weight is 414 g/mol. The Morgan fingerprint density at radius 1 is 0.889 bits per heavy atom. The summed E-state index contributed by atoms with van der Waals surface area (Å²) in [7, 11) is 0. The number of rotatable bonds is 6. The fourth-order valence-electron chi connectivity index (χ4n) is 1.86. The Bertz CT molecular complexity index is 825. The zero-order valence-electron chi connectivity index (χ0n) is 14.0. The lowest BCUT2D eigenvalue weighted by Crippen LogP contribution is -2.13. The van der Waals surface area contributed by atoms with Crippen LogP contribution < -0.4 is 5.32 Å². The van der Waals surface area contributed by atoms with Gasteiger partial charge in [0.05, 0.1) is 28.6 Å². The molecule has 0 spiro atoms. The number of phenols is 1. The number of phenolic OH excluding ortho intramolecular Hbond substituents is 1. The predicted molar refractivity (Wildman–Crippen MR) is 101 cm³/mol. The molecule has 0 saturated carbocycles. The van der Waals surface area contributed by atoms with E-state index in [0.29, 0.717) is 16.3 Å². The van der Waals surface area contributed by atoms with Crippen LogP contribution >= 0.6 is 23.2 Å². The van der Waals surface area contributed by atoms with Crippen molar-refractivity contribution in [2.45, 2.75) is 19.3 Å². The van der Waals surface area contributed by atoms with Gasteiger partial charge in [-0.2, -0.15) is 0 Å². The van der Waals surface area contributed by atoms with Crippen molar-refractivity contribution in [2.24, 2.45) is 0 Å². The molecule has 2 aromatic carbocycles. The molecule has 0 saturated heterocycles. The molecule has 4 N–H and O–H groups in total. The number of nitrogens with one attached hydrogen (secondary N) is 1. The fourth-order valence-corrected chi connectivity index (χ4v) is 2.20. The first-order chi connectivity index (χ1) is 12.7. The Morgan fingerprint density at radius 2 is 1.56 bits per heavy atom.